The molecular formula is C32H27ClN4OS. The Kier molecular flexibility index (Phi) is 6.53. The number of fused-ring (bicyclic) bond motifs is 2. The van der Waals surface area contributed by atoms with Gasteiger partial charge in [-0.15, -0.1) is 0 Å². The number of anilines is 2. The Hall–Kier alpha value is -3.87. The van der Waals surface area contributed by atoms with Gasteiger partial charge < -0.3 is 0 Å². The van der Waals surface area contributed by atoms with E-state index in [4.69, 9.17) is 21.8 Å². The number of Topliss-reactive ketones (excluding diaryl/α,β-unsaturated/α-hetero) is 1. The van der Waals surface area contributed by atoms with Crippen LogP contribution in [0.25, 0.3) is 0 Å². The van der Waals surface area contributed by atoms with Gasteiger partial charge in [-0.1, -0.05) is 92.2 Å². The molecule has 0 fully saturated rings. The minimum absolute atomic E-state index is 0.0969. The minimum Gasteiger partial charge on any atom is -0.292 e. The second-order valence-corrected chi connectivity index (χ2v) is 11.5. The average molecular weight is 551 g/mol. The molecule has 0 aliphatic carbocycles. The number of hydrogen-bond donors (Lipinski definition) is 0. The molecule has 0 saturated heterocycles. The summed E-state index contributed by atoms with van der Waals surface area (Å²) in [7, 11) is 0. The summed E-state index contributed by atoms with van der Waals surface area (Å²) in [5.74, 6) is 0.342. The molecular weight excluding hydrogens is 524 g/mol. The molecule has 2 heterocycles. The van der Waals surface area contributed by atoms with E-state index < -0.39 is 4.99 Å². The first-order valence-electron chi connectivity index (χ1n) is 12.9. The number of ketones is 1. The van der Waals surface area contributed by atoms with Gasteiger partial charge in [0.2, 0.25) is 4.99 Å². The van der Waals surface area contributed by atoms with Crippen LogP contribution in [0.4, 0.5) is 11.4 Å². The van der Waals surface area contributed by atoms with Crippen LogP contribution in [0.2, 0.25) is 5.02 Å². The summed E-state index contributed by atoms with van der Waals surface area (Å²) >= 11 is 7.66. The van der Waals surface area contributed by atoms with Gasteiger partial charge in [0.05, 0.1) is 17.1 Å². The predicted molar refractivity (Wildman–Crippen MR) is 163 cm³/mol. The first-order valence-corrected chi connectivity index (χ1v) is 14.1. The second kappa shape index (κ2) is 10.0. The van der Waals surface area contributed by atoms with Crippen LogP contribution in [-0.4, -0.2) is 16.5 Å². The van der Waals surface area contributed by atoms with E-state index in [1.165, 1.54) is 17.3 Å². The molecule has 2 aliphatic heterocycles. The molecule has 1 unspecified atom stereocenters. The number of rotatable bonds is 5. The van der Waals surface area contributed by atoms with Crippen LogP contribution in [0.1, 0.15) is 48.9 Å². The van der Waals surface area contributed by atoms with Gasteiger partial charge >= 0.3 is 0 Å². The highest BCUT2D eigenvalue weighted by Crippen LogP contribution is 2.55. The molecule has 5 nitrogen and oxygen atoms in total. The van der Waals surface area contributed by atoms with Crippen molar-refractivity contribution in [2.24, 2.45) is 10.2 Å². The zero-order valence-corrected chi connectivity index (χ0v) is 23.4. The molecule has 0 amide bonds. The Bertz CT molecular complexity index is 1600. The summed E-state index contributed by atoms with van der Waals surface area (Å²) in [6.07, 6.45) is 0. The standard InChI is InChI=1S/C32H27ClN4OS/c1-21(2)23-13-15-24(16-14-23)30-28-11-7-8-12-29(28)32(36(34-30)26-9-5-4-6-10-26)37(35-31(39-32)22(3)38)27-19-17-25(33)18-20-27/h4-21H,1-3H3. The van der Waals surface area contributed by atoms with Crippen LogP contribution in [0.15, 0.2) is 113 Å². The van der Waals surface area contributed by atoms with Gasteiger partial charge in [0.25, 0.3) is 0 Å². The number of hydrogen-bond acceptors (Lipinski definition) is 6. The smallest absolute Gasteiger partial charge is 0.234 e. The summed E-state index contributed by atoms with van der Waals surface area (Å²) in [4.78, 5) is 11.8. The minimum atomic E-state index is -0.978. The lowest BCUT2D eigenvalue weighted by atomic mass is 9.92. The molecule has 0 bridgehead atoms. The van der Waals surface area contributed by atoms with Gasteiger partial charge in [0, 0.05) is 28.6 Å². The Balaban J connectivity index is 1.62. The van der Waals surface area contributed by atoms with Crippen LogP contribution in [0, 0.1) is 0 Å². The molecule has 6 rings (SSSR count). The molecule has 0 N–H and O–H groups in total. The summed E-state index contributed by atoms with van der Waals surface area (Å²) < 4.78 is 0. The molecule has 39 heavy (non-hydrogen) atoms. The average Bonchev–Trinajstić information content (AvgIpc) is 3.36. The molecule has 4 aromatic rings. The molecule has 2 aliphatic rings. The third-order valence-electron chi connectivity index (χ3n) is 6.96. The van der Waals surface area contributed by atoms with Crippen molar-refractivity contribution in [1.29, 1.82) is 0 Å². The number of carbonyl (C=O) groups excluding carboxylic acids is 1. The molecule has 7 heteroatoms. The first kappa shape index (κ1) is 25.4. The number of thioether (sulfide) groups is 1. The highest BCUT2D eigenvalue weighted by Gasteiger charge is 2.55. The first-order chi connectivity index (χ1) is 18.9. The maximum Gasteiger partial charge on any atom is 0.234 e. The van der Waals surface area contributed by atoms with Crippen LogP contribution in [0.5, 0.6) is 0 Å². The molecule has 4 aromatic carbocycles. The van der Waals surface area contributed by atoms with Gasteiger partial charge in [0.15, 0.2) is 10.8 Å². The Morgan fingerprint density at radius 3 is 2.08 bits per heavy atom. The van der Waals surface area contributed by atoms with E-state index in [1.807, 2.05) is 76.7 Å². The summed E-state index contributed by atoms with van der Waals surface area (Å²) in [5.41, 5.74) is 6.84. The number of hydrazone groups is 2. The summed E-state index contributed by atoms with van der Waals surface area (Å²) in [6, 6.07) is 34.4. The molecule has 0 radical (unpaired) electrons. The number of carbonyl (C=O) groups is 1. The third kappa shape index (κ3) is 4.34. The fraction of sp³-hybridized carbons (Fsp3) is 0.156. The van der Waals surface area contributed by atoms with Crippen molar-refractivity contribution in [1.82, 2.24) is 0 Å². The number of benzene rings is 4. The van der Waals surface area contributed by atoms with E-state index in [9.17, 15) is 4.79 Å². The Morgan fingerprint density at radius 1 is 0.795 bits per heavy atom. The second-order valence-electron chi connectivity index (χ2n) is 9.88. The monoisotopic (exact) mass is 550 g/mol. The van der Waals surface area contributed by atoms with Crippen LogP contribution < -0.4 is 10.0 Å². The van der Waals surface area contributed by atoms with E-state index in [0.29, 0.717) is 16.0 Å². The molecule has 1 spiro atoms. The van der Waals surface area contributed by atoms with Crippen LogP contribution in [0.3, 0.4) is 0 Å². The molecule has 1 atom stereocenters. The summed E-state index contributed by atoms with van der Waals surface area (Å²) in [5, 5.41) is 15.2. The van der Waals surface area contributed by atoms with E-state index in [0.717, 1.165) is 33.8 Å². The normalized spacial score (nSPS) is 18.3. The SMILES string of the molecule is CC(=O)C1=NN(c2ccc(Cl)cc2)C2(S1)c1ccccc1C(c1ccc(C(C)C)cc1)=NN2c1ccccc1. The number of halogens is 1. The van der Waals surface area contributed by atoms with Crippen molar-refractivity contribution in [3.63, 3.8) is 0 Å². The van der Waals surface area contributed by atoms with Crippen molar-refractivity contribution >= 4 is 51.3 Å². The van der Waals surface area contributed by atoms with Crippen molar-refractivity contribution in [3.05, 3.63) is 130 Å². The molecule has 0 saturated carbocycles. The van der Waals surface area contributed by atoms with E-state index in [2.05, 4.69) is 50.2 Å². The lowest BCUT2D eigenvalue weighted by Gasteiger charge is -2.47. The van der Waals surface area contributed by atoms with Gasteiger partial charge in [-0.25, -0.2) is 10.0 Å². The lowest BCUT2D eigenvalue weighted by molar-refractivity contribution is -0.110. The Morgan fingerprint density at radius 2 is 1.41 bits per heavy atom. The topological polar surface area (TPSA) is 48.3 Å². The van der Waals surface area contributed by atoms with E-state index in [1.54, 1.807) is 6.92 Å². The van der Waals surface area contributed by atoms with Gasteiger partial charge in [0.1, 0.15) is 0 Å². The maximum atomic E-state index is 12.8. The Labute approximate surface area is 237 Å². The van der Waals surface area contributed by atoms with Gasteiger partial charge in [-0.05, 0) is 59.6 Å². The quantitative estimate of drug-likeness (QED) is 0.252. The highest BCUT2D eigenvalue weighted by atomic mass is 35.5. The maximum absolute atomic E-state index is 12.8. The molecule has 0 aromatic heterocycles. The van der Waals surface area contributed by atoms with Crippen LogP contribution >= 0.6 is 23.4 Å². The lowest BCUT2D eigenvalue weighted by Crippen LogP contribution is -2.54. The number of nitrogens with zero attached hydrogens (tertiary/aromatic N) is 4. The number of para-hydroxylation sites is 1. The summed E-state index contributed by atoms with van der Waals surface area (Å²) in [6.45, 7) is 5.94. The van der Waals surface area contributed by atoms with Crippen molar-refractivity contribution in [2.75, 3.05) is 10.0 Å². The zero-order chi connectivity index (χ0) is 27.1. The predicted octanol–water partition coefficient (Wildman–Crippen LogP) is 8.00. The van der Waals surface area contributed by atoms with E-state index in [-0.39, 0.29) is 5.78 Å². The highest BCUT2D eigenvalue weighted by molar-refractivity contribution is 8.17. The van der Waals surface area contributed by atoms with Gasteiger partial charge in [-0.2, -0.15) is 10.2 Å². The zero-order valence-electron chi connectivity index (χ0n) is 21.9. The fourth-order valence-electron chi connectivity index (χ4n) is 4.97. The van der Waals surface area contributed by atoms with E-state index >= 15 is 0 Å². The fourth-order valence-corrected chi connectivity index (χ4v) is 6.38. The van der Waals surface area contributed by atoms with Gasteiger partial charge in [-0.3, -0.25) is 4.79 Å². The third-order valence-corrected chi connectivity index (χ3v) is 8.63. The van der Waals surface area contributed by atoms with Crippen LogP contribution in [-0.2, 0) is 9.79 Å². The largest absolute Gasteiger partial charge is 0.292 e. The van der Waals surface area contributed by atoms with Crippen molar-refractivity contribution in [3.8, 4) is 0 Å². The van der Waals surface area contributed by atoms with Crippen molar-refractivity contribution < 1.29 is 4.79 Å². The van der Waals surface area contributed by atoms with Crippen molar-refractivity contribution in [2.45, 2.75) is 31.7 Å². The molecule has 194 valence electrons.